The molecule has 0 bridgehead atoms. The van der Waals surface area contributed by atoms with Crippen LogP contribution in [0.25, 0.3) is 0 Å². The van der Waals surface area contributed by atoms with Gasteiger partial charge in [0.1, 0.15) is 11.0 Å². The second-order valence-corrected chi connectivity index (χ2v) is 4.36. The van der Waals surface area contributed by atoms with Gasteiger partial charge < -0.3 is 0 Å². The molecular formula is C6H4ClF3N2O2S. The van der Waals surface area contributed by atoms with E-state index >= 15 is 0 Å². The molecule has 0 saturated carbocycles. The minimum atomic E-state index is -4.54. The standard InChI is InChI=1S/C6H4ClF3N2O2S/c7-3-1-2(8)4(5(9)10)6(12-3)15(11,13)14/h1,5H,(H2,11,13,14). The van der Waals surface area contributed by atoms with Crippen molar-refractivity contribution < 1.29 is 21.6 Å². The molecule has 0 aliphatic heterocycles. The van der Waals surface area contributed by atoms with Gasteiger partial charge in [-0.2, -0.15) is 0 Å². The van der Waals surface area contributed by atoms with Gasteiger partial charge in [-0.1, -0.05) is 11.6 Å². The Morgan fingerprint density at radius 2 is 2.00 bits per heavy atom. The Balaban J connectivity index is 3.62. The Hall–Kier alpha value is -0.860. The summed E-state index contributed by atoms with van der Waals surface area (Å²) in [5, 5.41) is 2.77. The van der Waals surface area contributed by atoms with Crippen molar-refractivity contribution in [1.29, 1.82) is 0 Å². The molecule has 0 aliphatic carbocycles. The first-order valence-corrected chi connectivity index (χ1v) is 5.33. The van der Waals surface area contributed by atoms with Crippen molar-refractivity contribution in [2.45, 2.75) is 11.5 Å². The summed E-state index contributed by atoms with van der Waals surface area (Å²) in [5.41, 5.74) is -1.37. The van der Waals surface area contributed by atoms with Crippen LogP contribution in [0.2, 0.25) is 5.15 Å². The molecule has 0 spiro atoms. The van der Waals surface area contributed by atoms with Gasteiger partial charge in [0.25, 0.3) is 16.4 Å². The van der Waals surface area contributed by atoms with E-state index in [-0.39, 0.29) is 0 Å². The number of halogens is 4. The summed E-state index contributed by atoms with van der Waals surface area (Å²) in [6.45, 7) is 0. The highest BCUT2D eigenvalue weighted by Crippen LogP contribution is 2.28. The predicted octanol–water partition coefficient (Wildman–Crippen LogP) is 1.46. The van der Waals surface area contributed by atoms with Gasteiger partial charge in [0, 0.05) is 6.07 Å². The fourth-order valence-electron chi connectivity index (χ4n) is 0.888. The van der Waals surface area contributed by atoms with Gasteiger partial charge in [0.15, 0.2) is 5.03 Å². The molecule has 9 heteroatoms. The SMILES string of the molecule is NS(=O)(=O)c1nc(Cl)cc(F)c1C(F)F. The van der Waals surface area contributed by atoms with Crippen molar-refractivity contribution in [3.63, 3.8) is 0 Å². The minimum Gasteiger partial charge on any atom is -0.223 e. The maximum absolute atomic E-state index is 13.0. The highest BCUT2D eigenvalue weighted by molar-refractivity contribution is 7.89. The summed E-state index contributed by atoms with van der Waals surface area (Å²) in [6.07, 6.45) is -3.34. The number of rotatable bonds is 2. The number of nitrogens with zero attached hydrogens (tertiary/aromatic N) is 1. The Kier molecular flexibility index (Phi) is 3.22. The third-order valence-corrected chi connectivity index (χ3v) is 2.47. The molecule has 15 heavy (non-hydrogen) atoms. The third kappa shape index (κ3) is 2.58. The van der Waals surface area contributed by atoms with Crippen LogP contribution in [0.15, 0.2) is 11.1 Å². The first kappa shape index (κ1) is 12.2. The van der Waals surface area contributed by atoms with Crippen molar-refractivity contribution >= 4 is 21.6 Å². The molecule has 0 fully saturated rings. The number of hydrogen-bond donors (Lipinski definition) is 1. The highest BCUT2D eigenvalue weighted by atomic mass is 35.5. The molecule has 0 saturated heterocycles. The molecule has 1 aromatic rings. The van der Waals surface area contributed by atoms with Gasteiger partial charge in [-0.25, -0.2) is 31.7 Å². The topological polar surface area (TPSA) is 73.1 Å². The maximum Gasteiger partial charge on any atom is 0.269 e. The lowest BCUT2D eigenvalue weighted by molar-refractivity contribution is 0.141. The highest BCUT2D eigenvalue weighted by Gasteiger charge is 2.27. The van der Waals surface area contributed by atoms with Crippen molar-refractivity contribution in [2.75, 3.05) is 0 Å². The molecular weight excluding hydrogens is 257 g/mol. The number of alkyl halides is 2. The van der Waals surface area contributed by atoms with Crippen LogP contribution < -0.4 is 5.14 Å². The Labute approximate surface area is 87.9 Å². The summed E-state index contributed by atoms with van der Waals surface area (Å²) in [5.74, 6) is -1.46. The van der Waals surface area contributed by atoms with E-state index in [1.165, 1.54) is 0 Å². The van der Waals surface area contributed by atoms with E-state index in [0.717, 1.165) is 0 Å². The zero-order valence-electron chi connectivity index (χ0n) is 6.92. The Bertz CT molecular complexity index is 491. The monoisotopic (exact) mass is 260 g/mol. The average Bonchev–Trinajstić information content (AvgIpc) is 1.99. The van der Waals surface area contributed by atoms with Crippen LogP contribution in [0, 0.1) is 5.82 Å². The van der Waals surface area contributed by atoms with E-state index in [0.29, 0.717) is 6.07 Å². The first-order valence-electron chi connectivity index (χ1n) is 3.40. The quantitative estimate of drug-likeness (QED) is 0.818. The van der Waals surface area contributed by atoms with Gasteiger partial charge in [-0.05, 0) is 0 Å². The van der Waals surface area contributed by atoms with Crippen LogP contribution in [0.5, 0.6) is 0 Å². The van der Waals surface area contributed by atoms with Crippen LogP contribution >= 0.6 is 11.6 Å². The zero-order chi connectivity index (χ0) is 11.8. The summed E-state index contributed by atoms with van der Waals surface area (Å²) < 4.78 is 59.2. The molecule has 84 valence electrons. The number of sulfonamides is 1. The number of aromatic nitrogens is 1. The average molecular weight is 261 g/mol. The molecule has 0 radical (unpaired) electrons. The molecule has 4 nitrogen and oxygen atoms in total. The number of primary sulfonamides is 1. The molecule has 0 aromatic carbocycles. The van der Waals surface area contributed by atoms with Gasteiger partial charge in [-0.3, -0.25) is 0 Å². The van der Waals surface area contributed by atoms with E-state index < -0.39 is 38.0 Å². The first-order chi connectivity index (χ1) is 6.73. The Morgan fingerprint density at radius 3 is 2.40 bits per heavy atom. The number of hydrogen-bond acceptors (Lipinski definition) is 3. The molecule has 0 aliphatic rings. The zero-order valence-corrected chi connectivity index (χ0v) is 8.49. The van der Waals surface area contributed by atoms with E-state index in [1.54, 1.807) is 0 Å². The molecule has 1 aromatic heterocycles. The summed E-state index contributed by atoms with van der Waals surface area (Å²) >= 11 is 5.22. The van der Waals surface area contributed by atoms with E-state index in [4.69, 9.17) is 11.6 Å². The fraction of sp³-hybridized carbons (Fsp3) is 0.167. The predicted molar refractivity (Wildman–Crippen MR) is 45.5 cm³/mol. The molecule has 0 unspecified atom stereocenters. The summed E-state index contributed by atoms with van der Waals surface area (Å²) in [7, 11) is -4.54. The molecule has 0 atom stereocenters. The van der Waals surface area contributed by atoms with Crippen LogP contribution in [-0.4, -0.2) is 13.4 Å². The second kappa shape index (κ2) is 3.95. The minimum absolute atomic E-state index is 0.484. The summed E-state index contributed by atoms with van der Waals surface area (Å²) in [6, 6.07) is 0.484. The van der Waals surface area contributed by atoms with Crippen LogP contribution in [-0.2, 0) is 10.0 Å². The van der Waals surface area contributed by atoms with Gasteiger partial charge in [0.05, 0.1) is 5.56 Å². The number of nitrogens with two attached hydrogens (primary N) is 1. The van der Waals surface area contributed by atoms with Crippen molar-refractivity contribution in [3.05, 3.63) is 22.6 Å². The third-order valence-electron chi connectivity index (χ3n) is 1.43. The number of pyridine rings is 1. The van der Waals surface area contributed by atoms with E-state index in [1.807, 2.05) is 0 Å². The Morgan fingerprint density at radius 1 is 1.47 bits per heavy atom. The lowest BCUT2D eigenvalue weighted by Crippen LogP contribution is -2.18. The van der Waals surface area contributed by atoms with Crippen molar-refractivity contribution in [1.82, 2.24) is 4.98 Å². The van der Waals surface area contributed by atoms with E-state index in [9.17, 15) is 21.6 Å². The maximum atomic E-state index is 13.0. The fourth-order valence-corrected chi connectivity index (χ4v) is 1.84. The normalized spacial score (nSPS) is 12.1. The molecule has 0 amide bonds. The lowest BCUT2D eigenvalue weighted by Gasteiger charge is -2.07. The summed E-state index contributed by atoms with van der Waals surface area (Å²) in [4.78, 5) is 3.06. The lowest BCUT2D eigenvalue weighted by atomic mass is 10.3. The van der Waals surface area contributed by atoms with Crippen LogP contribution in [0.1, 0.15) is 12.0 Å². The molecule has 1 rings (SSSR count). The van der Waals surface area contributed by atoms with Gasteiger partial charge in [0.2, 0.25) is 0 Å². The molecule has 1 heterocycles. The smallest absolute Gasteiger partial charge is 0.223 e. The van der Waals surface area contributed by atoms with Crippen molar-refractivity contribution in [3.8, 4) is 0 Å². The molecule has 2 N–H and O–H groups in total. The largest absolute Gasteiger partial charge is 0.269 e. The second-order valence-electron chi connectivity index (χ2n) is 2.49. The van der Waals surface area contributed by atoms with Crippen LogP contribution in [0.3, 0.4) is 0 Å². The van der Waals surface area contributed by atoms with Crippen LogP contribution in [0.4, 0.5) is 13.2 Å². The van der Waals surface area contributed by atoms with Gasteiger partial charge in [-0.15, -0.1) is 0 Å². The van der Waals surface area contributed by atoms with E-state index in [2.05, 4.69) is 10.1 Å². The van der Waals surface area contributed by atoms with Crippen molar-refractivity contribution in [2.24, 2.45) is 5.14 Å². The van der Waals surface area contributed by atoms with Gasteiger partial charge >= 0.3 is 0 Å².